The number of hydrogen-bond donors (Lipinski definition) is 0. The minimum Gasteiger partial charge on any atom is -0.379 e. The Morgan fingerprint density at radius 1 is 0.459 bits per heavy atom. The highest BCUT2D eigenvalue weighted by atomic mass is 32.1. The van der Waals surface area contributed by atoms with Crippen molar-refractivity contribution in [1.82, 2.24) is 32.3 Å². The van der Waals surface area contributed by atoms with Crippen molar-refractivity contribution in [3.8, 4) is 0 Å². The first-order chi connectivity index (χ1) is 41.2. The van der Waals surface area contributed by atoms with Crippen molar-refractivity contribution < 1.29 is 19.1 Å². The fourth-order valence-corrected chi connectivity index (χ4v) is 17.7. The van der Waals surface area contributed by atoms with Gasteiger partial charge in [-0.15, -0.1) is 34.0 Å². The van der Waals surface area contributed by atoms with Crippen LogP contribution in [0.2, 0.25) is 0 Å². The summed E-state index contributed by atoms with van der Waals surface area (Å²) in [6.45, 7) is 32.5. The summed E-state index contributed by atoms with van der Waals surface area (Å²) in [5.74, 6) is 0.670. The molecular formula is C71H93N7O4S3. The summed E-state index contributed by atoms with van der Waals surface area (Å²) in [5.41, 5.74) is 17.6. The summed E-state index contributed by atoms with van der Waals surface area (Å²) < 4.78 is 19.6. The Balaban J connectivity index is 0.000000133. The largest absolute Gasteiger partial charge is 0.379 e. The molecule has 0 aromatic carbocycles. The third-order valence-corrected chi connectivity index (χ3v) is 21.8. The molecule has 0 saturated carbocycles. The second-order valence-corrected chi connectivity index (χ2v) is 28.1. The maximum absolute atomic E-state index is 14.0. The van der Waals surface area contributed by atoms with Crippen molar-refractivity contribution >= 4 is 82.0 Å². The van der Waals surface area contributed by atoms with Crippen molar-refractivity contribution in [2.45, 2.75) is 211 Å². The number of ketones is 3. The molecule has 11 nitrogen and oxygen atoms in total. The van der Waals surface area contributed by atoms with E-state index in [1.807, 2.05) is 0 Å². The monoisotopic (exact) mass is 1200 g/mol. The zero-order chi connectivity index (χ0) is 59.7. The van der Waals surface area contributed by atoms with Crippen LogP contribution in [0, 0.1) is 26.2 Å². The number of carbonyl (C=O) groups is 3. The van der Waals surface area contributed by atoms with Crippen LogP contribution in [0.1, 0.15) is 212 Å². The number of aromatic nitrogens is 6. The van der Waals surface area contributed by atoms with E-state index in [4.69, 9.17) is 4.74 Å². The molecule has 0 bridgehead atoms. The van der Waals surface area contributed by atoms with Gasteiger partial charge in [-0.1, -0.05) is 48.5 Å². The molecule has 9 aromatic rings. The number of aryl methyl sites for hydroxylation is 3. The third-order valence-electron chi connectivity index (χ3n) is 19.0. The van der Waals surface area contributed by atoms with E-state index >= 15 is 0 Å². The average Bonchev–Trinajstić information content (AvgIpc) is 1.88. The molecule has 13 rings (SSSR count). The van der Waals surface area contributed by atoms with Crippen LogP contribution in [0.15, 0.2) is 52.5 Å². The molecule has 4 aliphatic rings. The summed E-state index contributed by atoms with van der Waals surface area (Å²) in [7, 11) is 0. The Bertz CT molecular complexity index is 3860. The smallest absolute Gasteiger partial charge is 0.211 e. The lowest BCUT2D eigenvalue weighted by Gasteiger charge is -2.31. The molecule has 1 saturated heterocycles. The summed E-state index contributed by atoms with van der Waals surface area (Å²) >= 11 is 5.22. The minimum atomic E-state index is 0.220. The summed E-state index contributed by atoms with van der Waals surface area (Å²) in [6.07, 6.45) is 17.7. The Morgan fingerprint density at radius 2 is 0.812 bits per heavy atom. The van der Waals surface area contributed by atoms with Crippen molar-refractivity contribution in [3.63, 3.8) is 0 Å². The van der Waals surface area contributed by atoms with Crippen molar-refractivity contribution in [2.24, 2.45) is 5.41 Å². The van der Waals surface area contributed by atoms with Gasteiger partial charge in [0.2, 0.25) is 17.3 Å². The highest BCUT2D eigenvalue weighted by Gasteiger charge is 2.36. The number of fused-ring (bicyclic) bond motifs is 6. The van der Waals surface area contributed by atoms with Crippen molar-refractivity contribution in [1.29, 1.82) is 0 Å². The minimum absolute atomic E-state index is 0.220. The molecule has 0 atom stereocenters. The molecule has 0 amide bonds. The number of rotatable bonds is 19. The topological polar surface area (TPSA) is 93.3 Å². The van der Waals surface area contributed by atoms with Gasteiger partial charge in [-0.2, -0.15) is 0 Å². The van der Waals surface area contributed by atoms with E-state index in [1.165, 1.54) is 108 Å². The first-order valence-electron chi connectivity index (χ1n) is 32.5. The lowest BCUT2D eigenvalue weighted by molar-refractivity contribution is 0.0362. The van der Waals surface area contributed by atoms with Gasteiger partial charge in [-0.25, -0.2) is 0 Å². The molecule has 454 valence electrons. The summed E-state index contributed by atoms with van der Waals surface area (Å²) in [5, 5.41) is 9.96. The van der Waals surface area contributed by atoms with Crippen molar-refractivity contribution in [3.05, 3.63) is 137 Å². The molecule has 1 fully saturated rings. The van der Waals surface area contributed by atoms with Crippen molar-refractivity contribution in [2.75, 3.05) is 32.8 Å². The number of carbonyl (C=O) groups excluding carboxylic acids is 3. The van der Waals surface area contributed by atoms with Gasteiger partial charge >= 0.3 is 0 Å². The zero-order valence-corrected chi connectivity index (χ0v) is 55.2. The van der Waals surface area contributed by atoms with Crippen LogP contribution in [0.5, 0.6) is 0 Å². The van der Waals surface area contributed by atoms with Gasteiger partial charge in [0.15, 0.2) is 0 Å². The molecule has 0 unspecified atom stereocenters. The molecule has 85 heavy (non-hydrogen) atoms. The SMILES string of the molecule is CCCn1c(C(=O)c2c3c(n(CCN4CCOCC4)c2C)CCCC3)cc2ccsc21.CCCn1c(C)c(C(=O)c2cc3ccsc3n2CCC)c2c1CCC(C)(C)C2.CCCn1c(C)c(C(=O)c2cc3ccsc3n2CCC)c2c1CCCC2. The molecule has 14 heteroatoms. The van der Waals surface area contributed by atoms with Gasteiger partial charge in [-0.3, -0.25) is 19.3 Å². The number of ether oxygens (including phenoxy) is 1. The predicted molar refractivity (Wildman–Crippen MR) is 355 cm³/mol. The van der Waals surface area contributed by atoms with Gasteiger partial charge < -0.3 is 32.1 Å². The molecule has 0 radical (unpaired) electrons. The molecule has 9 aromatic heterocycles. The maximum atomic E-state index is 14.0. The Kier molecular flexibility index (Phi) is 19.0. The number of nitrogens with zero attached hydrogens (tertiary/aromatic N) is 7. The van der Waals surface area contributed by atoms with Crippen LogP contribution in [-0.4, -0.2) is 82.5 Å². The van der Waals surface area contributed by atoms with Gasteiger partial charge in [-0.05, 0) is 198 Å². The highest BCUT2D eigenvalue weighted by Crippen LogP contribution is 2.41. The van der Waals surface area contributed by atoms with Gasteiger partial charge in [0.05, 0.1) is 30.3 Å². The average molecular weight is 1200 g/mol. The van der Waals surface area contributed by atoms with Crippen LogP contribution in [0.4, 0.5) is 0 Å². The quantitative estimate of drug-likeness (QED) is 0.0752. The van der Waals surface area contributed by atoms with E-state index in [0.717, 1.165) is 182 Å². The second-order valence-electron chi connectivity index (χ2n) is 25.4. The Morgan fingerprint density at radius 3 is 1.21 bits per heavy atom. The summed E-state index contributed by atoms with van der Waals surface area (Å²) in [6, 6.07) is 12.7. The van der Waals surface area contributed by atoms with Gasteiger partial charge in [0.25, 0.3) is 0 Å². The molecule has 0 spiro atoms. The zero-order valence-electron chi connectivity index (χ0n) is 52.8. The fraction of sp³-hybridized carbons (Fsp3) is 0.535. The van der Waals surface area contributed by atoms with E-state index < -0.39 is 0 Å². The van der Waals surface area contributed by atoms with E-state index in [2.05, 4.69) is 154 Å². The van der Waals surface area contributed by atoms with Gasteiger partial charge in [0, 0.05) is 126 Å². The maximum Gasteiger partial charge on any atom is 0.211 e. The van der Waals surface area contributed by atoms with Crippen LogP contribution in [0.25, 0.3) is 30.6 Å². The van der Waals surface area contributed by atoms with E-state index in [-0.39, 0.29) is 22.8 Å². The normalized spacial score (nSPS) is 15.9. The molecule has 10 heterocycles. The number of hydrogen-bond acceptors (Lipinski definition) is 8. The summed E-state index contributed by atoms with van der Waals surface area (Å²) in [4.78, 5) is 47.7. The van der Waals surface area contributed by atoms with Crippen LogP contribution in [-0.2, 0) is 82.5 Å². The lowest BCUT2D eigenvalue weighted by Crippen LogP contribution is -2.38. The fourth-order valence-electron chi connectivity index (χ4n) is 14.9. The van der Waals surface area contributed by atoms with Crippen LogP contribution >= 0.6 is 34.0 Å². The molecule has 3 aliphatic carbocycles. The molecule has 1 aliphatic heterocycles. The van der Waals surface area contributed by atoms with E-state index in [9.17, 15) is 14.4 Å². The molecule has 0 N–H and O–H groups in total. The first kappa shape index (κ1) is 61.1. The number of thiophene rings is 3. The number of morpholine rings is 1. The predicted octanol–water partition coefficient (Wildman–Crippen LogP) is 16.8. The van der Waals surface area contributed by atoms with E-state index in [1.54, 1.807) is 34.0 Å². The third kappa shape index (κ3) is 11.8. The van der Waals surface area contributed by atoms with E-state index in [0.29, 0.717) is 0 Å². The second kappa shape index (κ2) is 26.4. The standard InChI is InChI=1S/C25H33N3O2S.C24H32N2OS.C22H28N2OS/c1-3-9-28-22(17-19-8-16-31-25(19)28)24(29)23-18(2)27(21-7-5-4-6-20(21)23)11-10-26-12-14-30-15-13-26;1-6-11-25-16(3)21(18-15-24(4,5)10-8-19(18)25)22(27)20-14-17-9-13-28-23(17)26(20)12-7-2;1-4-11-23-15(3)20(17-8-6-7-9-18(17)23)21(25)19-14-16-10-13-26-22(16)24(19)12-5-2/h8,16-17H,3-7,9-15H2,1-2H3;9,13-14H,6-8,10-12,15H2,1-5H3;10,13-14H,4-9,11-12H2,1-3H3. The van der Waals surface area contributed by atoms with Crippen LogP contribution in [0.3, 0.4) is 0 Å². The molecular weight excluding hydrogens is 1110 g/mol. The first-order valence-corrected chi connectivity index (χ1v) is 35.1. The Labute approximate surface area is 517 Å². The highest BCUT2D eigenvalue weighted by molar-refractivity contribution is 7.17. The Hall–Kier alpha value is -5.51. The van der Waals surface area contributed by atoms with Crippen LogP contribution < -0.4 is 0 Å². The lowest BCUT2D eigenvalue weighted by atomic mass is 9.75. The van der Waals surface area contributed by atoms with Gasteiger partial charge in [0.1, 0.15) is 14.5 Å².